The van der Waals surface area contributed by atoms with Gasteiger partial charge in [0.2, 0.25) is 10.9 Å². The molecular weight excluding hydrogens is 803 g/mol. The van der Waals surface area contributed by atoms with Gasteiger partial charge in [0.15, 0.2) is 0 Å². The van der Waals surface area contributed by atoms with E-state index in [4.69, 9.17) is 39.1 Å². The molecule has 4 aromatic rings. The Bertz CT molecular complexity index is 1770. The van der Waals surface area contributed by atoms with E-state index in [-0.39, 0.29) is 52.7 Å². The van der Waals surface area contributed by atoms with Gasteiger partial charge < -0.3 is 60.5 Å². The van der Waals surface area contributed by atoms with E-state index in [0.29, 0.717) is 68.7 Å². The summed E-state index contributed by atoms with van der Waals surface area (Å²) in [6.07, 6.45) is 4.07. The summed E-state index contributed by atoms with van der Waals surface area (Å²) in [5, 5.41) is 23.6. The summed E-state index contributed by atoms with van der Waals surface area (Å²) in [6, 6.07) is 6.59. The molecule has 16 nitrogen and oxygen atoms in total. The van der Waals surface area contributed by atoms with Gasteiger partial charge >= 0.3 is 41.5 Å². The van der Waals surface area contributed by atoms with Gasteiger partial charge in [-0.25, -0.2) is 9.59 Å². The minimum atomic E-state index is -1.26. The van der Waals surface area contributed by atoms with Gasteiger partial charge in [0.25, 0.3) is 0 Å². The maximum absolute atomic E-state index is 12.4. The number of aliphatic hydroxyl groups is 1. The second-order valence-corrected chi connectivity index (χ2v) is 11.0. The van der Waals surface area contributed by atoms with Crippen molar-refractivity contribution in [3.05, 3.63) is 82.8 Å². The molecule has 7 N–H and O–H groups in total. The van der Waals surface area contributed by atoms with Crippen molar-refractivity contribution >= 4 is 65.6 Å². The van der Waals surface area contributed by atoms with Crippen molar-refractivity contribution in [3.63, 3.8) is 0 Å². The number of rotatable bonds is 13. The van der Waals surface area contributed by atoms with Crippen LogP contribution in [0.2, 0.25) is 0 Å². The second-order valence-electron chi connectivity index (χ2n) is 9.25. The number of nitrogens with one attached hydrogen (secondary N) is 2. The molecule has 0 bridgehead atoms. The van der Waals surface area contributed by atoms with Crippen LogP contribution in [0.15, 0.2) is 55.2 Å². The number of aliphatic hydroxyl groups excluding tert-OH is 1. The Balaban J connectivity index is 0.000000838. The van der Waals surface area contributed by atoms with Crippen LogP contribution in [-0.4, -0.2) is 91.7 Å². The van der Waals surface area contributed by atoms with Gasteiger partial charge in [0.1, 0.15) is 22.6 Å². The van der Waals surface area contributed by atoms with Gasteiger partial charge in [0, 0.05) is 82.7 Å². The Labute approximate surface area is 326 Å². The molecule has 0 atom stereocenters. The molecule has 2 aromatic heterocycles. The number of fused-ring (bicyclic) bond motifs is 2. The molecule has 0 amide bonds. The predicted octanol–water partition coefficient (Wildman–Crippen LogP) is 1.52. The minimum Gasteiger partial charge on any atom is -0.492 e. The monoisotopic (exact) mass is 840 g/mol. The molecule has 0 aliphatic rings. The molecule has 270 valence electrons. The molecule has 0 fully saturated rings. The van der Waals surface area contributed by atoms with E-state index in [0.717, 1.165) is 20.0 Å². The normalized spacial score (nSPS) is 9.94. The number of halogens is 2. The zero-order valence-electron chi connectivity index (χ0n) is 28.2. The number of nitrogens with two attached hydrogens (primary N) is 1. The number of hydrogen-bond donors (Lipinski definition) is 6. The number of carbonyl (C=O) groups excluding carboxylic acids is 1. The molecule has 0 saturated heterocycles. The number of ether oxygens (including phenoxy) is 5. The molecule has 19 heteroatoms. The topological polar surface area (TPSA) is 247 Å². The minimum absolute atomic E-state index is 0. The van der Waals surface area contributed by atoms with Crippen molar-refractivity contribution in [1.82, 2.24) is 9.97 Å². The first-order valence-corrected chi connectivity index (χ1v) is 16.0. The summed E-state index contributed by atoms with van der Waals surface area (Å²) < 4.78 is 27.3. The van der Waals surface area contributed by atoms with E-state index >= 15 is 0 Å². The predicted molar refractivity (Wildman–Crippen MR) is 189 cm³/mol. The van der Waals surface area contributed by atoms with Gasteiger partial charge in [0.05, 0.1) is 39.8 Å². The largest absolute Gasteiger partial charge is 1.00 e. The van der Waals surface area contributed by atoms with Gasteiger partial charge in [-0.1, -0.05) is 0 Å². The van der Waals surface area contributed by atoms with Crippen LogP contribution >= 0.6 is 31.9 Å². The average molecular weight is 842 g/mol. The Hall–Kier alpha value is -2.88. The average Bonchev–Trinajstić information content (AvgIpc) is 3.08. The number of pyridine rings is 2. The third kappa shape index (κ3) is 14.4. The van der Waals surface area contributed by atoms with Gasteiger partial charge in [-0.05, 0) is 50.9 Å². The van der Waals surface area contributed by atoms with Crippen LogP contribution in [0.3, 0.4) is 0 Å². The number of aromatic carboxylic acids is 1. The number of aromatic nitrogens is 2. The van der Waals surface area contributed by atoms with Crippen LogP contribution in [-0.2, 0) is 14.2 Å². The van der Waals surface area contributed by atoms with Gasteiger partial charge in [-0.3, -0.25) is 9.59 Å². The van der Waals surface area contributed by atoms with E-state index in [1.54, 1.807) is 45.4 Å². The van der Waals surface area contributed by atoms with Crippen molar-refractivity contribution < 1.29 is 78.3 Å². The van der Waals surface area contributed by atoms with Crippen LogP contribution in [0.4, 0.5) is 0 Å². The Kier molecular flexibility index (Phi) is 24.5. The van der Waals surface area contributed by atoms with Gasteiger partial charge in [-0.2, -0.15) is 0 Å². The van der Waals surface area contributed by atoms with Crippen LogP contribution in [0.25, 0.3) is 27.4 Å². The first kappa shape index (κ1) is 47.1. The summed E-state index contributed by atoms with van der Waals surface area (Å²) >= 11 is 6.71. The maximum Gasteiger partial charge on any atom is 1.00 e. The van der Waals surface area contributed by atoms with Crippen molar-refractivity contribution in [3.8, 4) is 11.5 Å². The number of carboxylic acid groups (broad SMARTS) is 1. The molecule has 2 heterocycles. The number of nitrogens with zero attached hydrogens (tertiary/aromatic N) is 1. The second kappa shape index (κ2) is 26.0. The van der Waals surface area contributed by atoms with Crippen molar-refractivity contribution in [2.75, 3.05) is 54.4 Å². The standard InChI is InChI=1S/C16H18BrNO5.C14H14BrNO5.CH4O.H3N2O.Na/c1-3-22-16(20)11-9-18-13-8-14(23-6-4-5-21-2)12(17)7-10(13)15(11)19;1-20-3-2-4-21-12-6-11-8(5-10(12)15)13(17)9(7-16-11)14(18)19;1-2;1-2-3;/h7-9H,3-6H2,1-2H3,(H,18,19);5-7H,2-4H2,1H3,(H,16,17)(H,18,19);2H,1H3;3H,1H2;/q;;;-1;+1. The van der Waals surface area contributed by atoms with Crippen molar-refractivity contribution in [2.45, 2.75) is 19.8 Å². The summed E-state index contributed by atoms with van der Waals surface area (Å²) in [5.41, 5.74) is 1.91. The first-order chi connectivity index (χ1) is 23.5. The molecule has 2 aromatic carbocycles. The van der Waals surface area contributed by atoms with E-state index in [9.17, 15) is 19.2 Å². The number of aromatic amines is 2. The molecular formula is C31H39Br2N4NaO12. The molecule has 0 spiro atoms. The fourth-order valence-electron chi connectivity index (χ4n) is 3.95. The Morgan fingerprint density at radius 2 is 1.20 bits per heavy atom. The number of esters is 1. The molecule has 50 heavy (non-hydrogen) atoms. The fraction of sp³-hybridized carbons (Fsp3) is 0.355. The van der Waals surface area contributed by atoms with Crippen LogP contribution in [0, 0.1) is 0 Å². The van der Waals surface area contributed by atoms with E-state index < -0.39 is 17.4 Å². The van der Waals surface area contributed by atoms with Gasteiger partial charge in [-0.15, -0.1) is 0 Å². The van der Waals surface area contributed by atoms with Crippen LogP contribution in [0.5, 0.6) is 11.5 Å². The number of H-pyrrole nitrogens is 2. The molecule has 0 unspecified atom stereocenters. The van der Waals surface area contributed by atoms with E-state index in [2.05, 4.69) is 47.7 Å². The van der Waals surface area contributed by atoms with Crippen LogP contribution in [0.1, 0.15) is 40.5 Å². The number of benzene rings is 2. The van der Waals surface area contributed by atoms with Crippen LogP contribution < -0.4 is 55.7 Å². The molecule has 0 saturated carbocycles. The summed E-state index contributed by atoms with van der Waals surface area (Å²) in [4.78, 5) is 52.9. The third-order valence-corrected chi connectivity index (χ3v) is 7.33. The number of carbonyl (C=O) groups is 2. The number of carboxylic acids is 1. The summed E-state index contributed by atoms with van der Waals surface area (Å²) in [6.45, 7) is 4.11. The Morgan fingerprint density at radius 3 is 1.58 bits per heavy atom. The number of hydrogen-bond acceptors (Lipinski definition) is 12. The van der Waals surface area contributed by atoms with Crippen molar-refractivity contribution in [2.24, 2.45) is 5.84 Å². The fourth-order valence-corrected chi connectivity index (χ4v) is 4.87. The van der Waals surface area contributed by atoms with E-state index in [1.807, 2.05) is 5.59 Å². The number of methoxy groups -OCH3 is 2. The molecule has 0 aliphatic carbocycles. The first-order valence-electron chi connectivity index (χ1n) is 14.4. The molecule has 0 aliphatic heterocycles. The zero-order chi connectivity index (χ0) is 36.9. The molecule has 4 rings (SSSR count). The molecule has 0 radical (unpaired) electrons. The zero-order valence-corrected chi connectivity index (χ0v) is 33.4. The quantitative estimate of drug-likeness (QED) is 0.0368. The van der Waals surface area contributed by atoms with E-state index in [1.165, 1.54) is 12.4 Å². The smallest absolute Gasteiger partial charge is 0.492 e. The van der Waals surface area contributed by atoms with Crippen molar-refractivity contribution in [1.29, 1.82) is 0 Å². The maximum atomic E-state index is 12.4. The summed E-state index contributed by atoms with van der Waals surface area (Å²) in [7, 11) is 4.26. The summed E-state index contributed by atoms with van der Waals surface area (Å²) in [5.74, 6) is 3.34. The Morgan fingerprint density at radius 1 is 0.800 bits per heavy atom. The third-order valence-electron chi connectivity index (χ3n) is 6.09. The SMILES string of the molecule is CCOC(=O)c1c[nH]c2cc(OCCCOC)c(Br)cc2c1=O.CO.COCCCOc1cc2[nH]cc(C(=O)O)c(=O)c2cc1Br.N[N-]O.[Na+].